The van der Waals surface area contributed by atoms with Crippen LogP contribution in [-0.4, -0.2) is 19.1 Å². The summed E-state index contributed by atoms with van der Waals surface area (Å²) in [6.45, 7) is 0. The number of fused-ring (bicyclic) bond motifs is 7. The summed E-state index contributed by atoms with van der Waals surface area (Å²) in [5.41, 5.74) is 15.4. The van der Waals surface area contributed by atoms with Gasteiger partial charge in [0.25, 0.3) is 0 Å². The molecule has 60 heavy (non-hydrogen) atoms. The first-order chi connectivity index (χ1) is 29.8. The summed E-state index contributed by atoms with van der Waals surface area (Å²) in [5.74, 6) is 0.695. The van der Waals surface area contributed by atoms with E-state index in [1.54, 1.807) is 0 Å². The average molecular weight is 765 g/mol. The van der Waals surface area contributed by atoms with Gasteiger partial charge in [-0.1, -0.05) is 158 Å². The predicted molar refractivity (Wildman–Crippen MR) is 250 cm³/mol. The predicted octanol–water partition coefficient (Wildman–Crippen LogP) is 14.5. The lowest BCUT2D eigenvalue weighted by Crippen LogP contribution is -1.97. The number of hydrogen-bond acceptors (Lipinski definition) is 2. The third-order valence-corrected chi connectivity index (χ3v) is 11.9. The van der Waals surface area contributed by atoms with Crippen LogP contribution >= 0.6 is 0 Å². The van der Waals surface area contributed by atoms with Gasteiger partial charge < -0.3 is 9.13 Å². The molecule has 4 nitrogen and oxygen atoms in total. The molecule has 280 valence electrons. The van der Waals surface area contributed by atoms with E-state index in [2.05, 4.69) is 228 Å². The van der Waals surface area contributed by atoms with Crippen LogP contribution in [0.15, 0.2) is 218 Å². The van der Waals surface area contributed by atoms with Gasteiger partial charge in [0.15, 0.2) is 5.82 Å². The summed E-state index contributed by atoms with van der Waals surface area (Å²) in [6.07, 6.45) is 0. The normalized spacial score (nSPS) is 11.7. The minimum Gasteiger partial charge on any atom is -0.309 e. The zero-order chi connectivity index (χ0) is 39.6. The van der Waals surface area contributed by atoms with Gasteiger partial charge in [0.05, 0.1) is 33.3 Å². The van der Waals surface area contributed by atoms with Crippen molar-refractivity contribution >= 4 is 54.5 Å². The van der Waals surface area contributed by atoms with Crippen LogP contribution in [0.3, 0.4) is 0 Å². The number of aromatic nitrogens is 4. The number of hydrogen-bond donors (Lipinski definition) is 0. The fourth-order valence-corrected chi connectivity index (χ4v) is 9.18. The molecule has 0 aliphatic carbocycles. The smallest absolute Gasteiger partial charge is 0.160 e. The summed E-state index contributed by atoms with van der Waals surface area (Å²) in [5, 5.41) is 5.95. The average Bonchev–Trinajstić information content (AvgIpc) is 3.85. The van der Waals surface area contributed by atoms with E-state index in [0.717, 1.165) is 61.4 Å². The maximum atomic E-state index is 5.39. The highest BCUT2D eigenvalue weighted by Gasteiger charge is 2.19. The van der Waals surface area contributed by atoms with E-state index in [-0.39, 0.29) is 0 Å². The topological polar surface area (TPSA) is 35.6 Å². The Morgan fingerprint density at radius 2 is 0.850 bits per heavy atom. The summed E-state index contributed by atoms with van der Waals surface area (Å²) in [6, 6.07) is 77.9. The van der Waals surface area contributed by atoms with E-state index >= 15 is 0 Å². The molecule has 0 bridgehead atoms. The Morgan fingerprint density at radius 3 is 1.62 bits per heavy atom. The molecule has 3 heterocycles. The van der Waals surface area contributed by atoms with Gasteiger partial charge in [0, 0.05) is 55.0 Å². The Balaban J connectivity index is 1.02. The van der Waals surface area contributed by atoms with Crippen LogP contribution in [0.5, 0.6) is 0 Å². The Kier molecular flexibility index (Phi) is 7.82. The maximum absolute atomic E-state index is 5.39. The SMILES string of the molecule is c1ccc(-c2nc(-c3cccc(-c4cccc5c6ccccc6n(-c6ccccc6)c45)c3)nc3ccc(-c4ccc5c6ccccc6n(-c6ccccc6)c5c4)cc23)cc1. The largest absolute Gasteiger partial charge is 0.309 e. The lowest BCUT2D eigenvalue weighted by molar-refractivity contribution is 1.18. The molecule has 12 rings (SSSR count). The highest BCUT2D eigenvalue weighted by atomic mass is 15.0. The van der Waals surface area contributed by atoms with Crippen molar-refractivity contribution in [1.29, 1.82) is 0 Å². The van der Waals surface area contributed by atoms with Gasteiger partial charge in [-0.05, 0) is 77.4 Å². The van der Waals surface area contributed by atoms with Crippen molar-refractivity contribution in [3.8, 4) is 56.3 Å². The van der Waals surface area contributed by atoms with Crippen molar-refractivity contribution in [3.05, 3.63) is 218 Å². The highest BCUT2D eigenvalue weighted by Crippen LogP contribution is 2.40. The van der Waals surface area contributed by atoms with Gasteiger partial charge >= 0.3 is 0 Å². The Morgan fingerprint density at radius 1 is 0.300 bits per heavy atom. The first-order valence-corrected chi connectivity index (χ1v) is 20.4. The molecule has 4 heteroatoms. The van der Waals surface area contributed by atoms with E-state index in [1.165, 1.54) is 43.6 Å². The highest BCUT2D eigenvalue weighted by molar-refractivity contribution is 6.14. The summed E-state index contributed by atoms with van der Waals surface area (Å²) >= 11 is 0. The van der Waals surface area contributed by atoms with Crippen molar-refractivity contribution in [2.24, 2.45) is 0 Å². The van der Waals surface area contributed by atoms with Crippen LogP contribution in [-0.2, 0) is 0 Å². The van der Waals surface area contributed by atoms with Gasteiger partial charge in [-0.25, -0.2) is 9.97 Å². The van der Waals surface area contributed by atoms with Crippen LogP contribution < -0.4 is 0 Å². The maximum Gasteiger partial charge on any atom is 0.160 e. The summed E-state index contributed by atoms with van der Waals surface area (Å²) in [7, 11) is 0. The van der Waals surface area contributed by atoms with Gasteiger partial charge in [-0.15, -0.1) is 0 Å². The molecule has 0 spiro atoms. The molecule has 0 N–H and O–H groups in total. The minimum absolute atomic E-state index is 0.695. The molecule has 0 atom stereocenters. The van der Waals surface area contributed by atoms with Crippen LogP contribution in [0, 0.1) is 0 Å². The molecule has 0 aliphatic heterocycles. The molecular weight excluding hydrogens is 729 g/mol. The first kappa shape index (κ1) is 34.0. The quantitative estimate of drug-likeness (QED) is 0.169. The van der Waals surface area contributed by atoms with Gasteiger partial charge in [-0.3, -0.25) is 0 Å². The number of benzene rings is 9. The van der Waals surface area contributed by atoms with Crippen LogP contribution in [0.25, 0.3) is 111 Å². The van der Waals surface area contributed by atoms with Crippen molar-refractivity contribution in [2.75, 3.05) is 0 Å². The van der Waals surface area contributed by atoms with Crippen LogP contribution in [0.1, 0.15) is 0 Å². The molecule has 0 unspecified atom stereocenters. The van der Waals surface area contributed by atoms with Crippen molar-refractivity contribution in [3.63, 3.8) is 0 Å². The first-order valence-electron chi connectivity index (χ1n) is 20.4. The molecule has 0 saturated carbocycles. The van der Waals surface area contributed by atoms with E-state index in [1.807, 2.05) is 0 Å². The third-order valence-electron chi connectivity index (χ3n) is 11.9. The summed E-state index contributed by atoms with van der Waals surface area (Å²) < 4.78 is 4.76. The van der Waals surface area contributed by atoms with E-state index in [0.29, 0.717) is 5.82 Å². The number of rotatable bonds is 6. The molecule has 12 aromatic rings. The van der Waals surface area contributed by atoms with E-state index in [4.69, 9.17) is 9.97 Å². The second-order valence-electron chi connectivity index (χ2n) is 15.4. The zero-order valence-electron chi connectivity index (χ0n) is 32.6. The zero-order valence-corrected chi connectivity index (χ0v) is 32.6. The lowest BCUT2D eigenvalue weighted by atomic mass is 9.98. The van der Waals surface area contributed by atoms with Gasteiger partial charge in [-0.2, -0.15) is 0 Å². The second kappa shape index (κ2) is 13.8. The third kappa shape index (κ3) is 5.46. The van der Waals surface area contributed by atoms with Crippen LogP contribution in [0.2, 0.25) is 0 Å². The molecule has 0 fully saturated rings. The molecule has 0 saturated heterocycles. The minimum atomic E-state index is 0.695. The molecule has 9 aromatic carbocycles. The fourth-order valence-electron chi connectivity index (χ4n) is 9.18. The molecule has 0 radical (unpaired) electrons. The Labute approximate surface area is 346 Å². The van der Waals surface area contributed by atoms with Crippen LogP contribution in [0.4, 0.5) is 0 Å². The fraction of sp³-hybridized carbons (Fsp3) is 0. The number of para-hydroxylation sites is 5. The molecule has 0 amide bonds. The van der Waals surface area contributed by atoms with Crippen molar-refractivity contribution in [1.82, 2.24) is 19.1 Å². The van der Waals surface area contributed by atoms with E-state index < -0.39 is 0 Å². The van der Waals surface area contributed by atoms with Gasteiger partial charge in [0.2, 0.25) is 0 Å². The summed E-state index contributed by atoms with van der Waals surface area (Å²) in [4.78, 5) is 10.7. The molecule has 3 aromatic heterocycles. The Hall–Kier alpha value is -8.08. The second-order valence-corrected chi connectivity index (χ2v) is 15.4. The van der Waals surface area contributed by atoms with Gasteiger partial charge in [0.1, 0.15) is 0 Å². The monoisotopic (exact) mass is 764 g/mol. The standard InChI is InChI=1S/C56H36N4/c1-4-16-37(17-5-1)54-49-35-38(39-30-32-47-45-24-10-12-28-51(45)59(53(47)36-39)42-20-6-2-7-21-42)31-33-50(49)57-56(58-54)41-19-14-18-40(34-41)44-26-15-27-48-46-25-11-13-29-52(46)60(55(44)48)43-22-8-3-9-23-43/h1-36H. The number of nitrogens with zero attached hydrogens (tertiary/aromatic N) is 4. The van der Waals surface area contributed by atoms with Crippen molar-refractivity contribution in [2.45, 2.75) is 0 Å². The molecule has 0 aliphatic rings. The molecular formula is C56H36N4. The Bertz CT molecular complexity index is 3580. The lowest BCUT2D eigenvalue weighted by Gasteiger charge is -2.14. The van der Waals surface area contributed by atoms with Crippen molar-refractivity contribution < 1.29 is 0 Å². The van der Waals surface area contributed by atoms with E-state index in [9.17, 15) is 0 Å².